The Bertz CT molecular complexity index is 665. The molecular weight excluding hydrogens is 314 g/mol. The number of nitrogens with zero attached hydrogens (tertiary/aromatic N) is 2. The maximum atomic E-state index is 11.7. The molecule has 5 nitrogen and oxygen atoms in total. The molecule has 0 spiro atoms. The number of benzene rings is 1. The number of aliphatic imine (C=N–C) groups is 1. The highest BCUT2D eigenvalue weighted by Gasteiger charge is 2.29. The first-order valence-electron chi connectivity index (χ1n) is 7.48. The van der Waals surface area contributed by atoms with Crippen molar-refractivity contribution in [1.29, 1.82) is 5.41 Å². The second-order valence-corrected chi connectivity index (χ2v) is 5.72. The minimum absolute atomic E-state index is 0.0295. The minimum Gasteiger partial charge on any atom is -0.395 e. The van der Waals surface area contributed by atoms with Crippen LogP contribution in [0.25, 0.3) is 0 Å². The zero-order chi connectivity index (χ0) is 17.0. The Hall–Kier alpha value is -1.98. The summed E-state index contributed by atoms with van der Waals surface area (Å²) in [5.74, 6) is -0.242. The Balaban J connectivity index is 2.26. The molecule has 0 saturated carbocycles. The Morgan fingerprint density at radius 1 is 1.35 bits per heavy atom. The van der Waals surface area contributed by atoms with Crippen LogP contribution in [0.4, 0.5) is 11.4 Å². The lowest BCUT2D eigenvalue weighted by Crippen LogP contribution is -2.34. The van der Waals surface area contributed by atoms with Crippen LogP contribution in [0.3, 0.4) is 0 Å². The summed E-state index contributed by atoms with van der Waals surface area (Å²) in [5, 5.41) is 16.1. The Labute approximate surface area is 140 Å². The zero-order valence-electron chi connectivity index (χ0n) is 13.2. The van der Waals surface area contributed by atoms with Gasteiger partial charge < -0.3 is 15.4 Å². The molecule has 1 unspecified atom stereocenters. The van der Waals surface area contributed by atoms with E-state index in [1.54, 1.807) is 13.0 Å². The summed E-state index contributed by atoms with van der Waals surface area (Å²) in [6, 6.07) is 7.53. The average Bonchev–Trinajstić information content (AvgIpc) is 2.56. The zero-order valence-corrected chi connectivity index (χ0v) is 14.0. The molecule has 0 saturated heterocycles. The molecule has 2 N–H and O–H groups in total. The highest BCUT2D eigenvalue weighted by atomic mass is 35.5. The number of carbonyl (C=O) groups excluding carboxylic acids is 1. The van der Waals surface area contributed by atoms with Gasteiger partial charge in [-0.15, -0.1) is 11.6 Å². The van der Waals surface area contributed by atoms with Gasteiger partial charge in [-0.3, -0.25) is 4.79 Å². The van der Waals surface area contributed by atoms with E-state index in [0.29, 0.717) is 23.5 Å². The Kier molecular flexibility index (Phi) is 5.69. The molecule has 122 valence electrons. The van der Waals surface area contributed by atoms with E-state index in [2.05, 4.69) is 9.89 Å². The smallest absolute Gasteiger partial charge is 0.182 e. The van der Waals surface area contributed by atoms with E-state index in [0.717, 1.165) is 12.2 Å². The lowest BCUT2D eigenvalue weighted by atomic mass is 9.95. The number of anilines is 1. The van der Waals surface area contributed by atoms with E-state index in [-0.39, 0.29) is 18.1 Å². The number of Topliss-reactive ketones (excluding diaryl/α,β-unsaturated/α-hetero) is 1. The van der Waals surface area contributed by atoms with Crippen LogP contribution in [0.2, 0.25) is 0 Å². The van der Waals surface area contributed by atoms with Crippen molar-refractivity contribution in [3.8, 4) is 0 Å². The van der Waals surface area contributed by atoms with E-state index < -0.39 is 5.38 Å². The summed E-state index contributed by atoms with van der Waals surface area (Å²) in [4.78, 5) is 18.2. The highest BCUT2D eigenvalue weighted by Crippen LogP contribution is 2.22. The molecular formula is C17H20ClN3O2. The second-order valence-electron chi connectivity index (χ2n) is 5.28. The number of halogens is 1. The Morgan fingerprint density at radius 3 is 2.57 bits per heavy atom. The van der Waals surface area contributed by atoms with Crippen molar-refractivity contribution in [2.75, 3.05) is 24.6 Å². The molecule has 0 radical (unpaired) electrons. The minimum atomic E-state index is -0.960. The van der Waals surface area contributed by atoms with Crippen molar-refractivity contribution in [2.24, 2.45) is 4.99 Å². The number of aliphatic hydroxyl groups is 1. The van der Waals surface area contributed by atoms with Crippen molar-refractivity contribution in [3.63, 3.8) is 0 Å². The third-order valence-electron chi connectivity index (χ3n) is 3.72. The van der Waals surface area contributed by atoms with Crippen molar-refractivity contribution in [2.45, 2.75) is 19.2 Å². The summed E-state index contributed by atoms with van der Waals surface area (Å²) >= 11 is 5.97. The third-order valence-corrected chi connectivity index (χ3v) is 4.13. The third kappa shape index (κ3) is 3.86. The normalized spacial score (nSPS) is 19.9. The van der Waals surface area contributed by atoms with Crippen molar-refractivity contribution in [1.82, 2.24) is 0 Å². The van der Waals surface area contributed by atoms with Crippen LogP contribution in [-0.4, -0.2) is 47.4 Å². The number of nitrogens with one attached hydrogen (secondary N) is 1. The molecule has 0 aromatic heterocycles. The maximum Gasteiger partial charge on any atom is 0.182 e. The number of allylic oxidation sites excluding steroid dienone is 2. The lowest BCUT2D eigenvalue weighted by Gasteiger charge is -2.22. The fourth-order valence-electron chi connectivity index (χ4n) is 2.37. The van der Waals surface area contributed by atoms with E-state index in [1.807, 2.05) is 31.2 Å². The fourth-order valence-corrected chi connectivity index (χ4v) is 2.66. The summed E-state index contributed by atoms with van der Waals surface area (Å²) in [5.41, 5.74) is 2.65. The Morgan fingerprint density at radius 2 is 2.00 bits per heavy atom. The van der Waals surface area contributed by atoms with Gasteiger partial charge >= 0.3 is 0 Å². The van der Waals surface area contributed by atoms with Crippen LogP contribution in [0, 0.1) is 5.41 Å². The summed E-state index contributed by atoms with van der Waals surface area (Å²) in [7, 11) is 0. The molecule has 0 bridgehead atoms. The van der Waals surface area contributed by atoms with Gasteiger partial charge in [0.25, 0.3) is 0 Å². The molecule has 1 aromatic carbocycles. The predicted molar refractivity (Wildman–Crippen MR) is 94.6 cm³/mol. The van der Waals surface area contributed by atoms with Gasteiger partial charge in [-0.2, -0.15) is 0 Å². The molecule has 1 aromatic rings. The van der Waals surface area contributed by atoms with Crippen molar-refractivity contribution >= 4 is 40.2 Å². The van der Waals surface area contributed by atoms with Gasteiger partial charge in [0.1, 0.15) is 5.38 Å². The topological polar surface area (TPSA) is 76.8 Å². The van der Waals surface area contributed by atoms with Gasteiger partial charge in [-0.25, -0.2) is 4.99 Å². The van der Waals surface area contributed by atoms with Gasteiger partial charge in [-0.1, -0.05) is 0 Å². The fraction of sp³-hybridized carbons (Fsp3) is 0.353. The first-order chi connectivity index (χ1) is 11.0. The van der Waals surface area contributed by atoms with Gasteiger partial charge in [0.2, 0.25) is 0 Å². The highest BCUT2D eigenvalue weighted by molar-refractivity contribution is 6.63. The van der Waals surface area contributed by atoms with Crippen LogP contribution in [-0.2, 0) is 4.79 Å². The molecule has 23 heavy (non-hydrogen) atoms. The van der Waals surface area contributed by atoms with Crippen molar-refractivity contribution < 1.29 is 9.90 Å². The largest absolute Gasteiger partial charge is 0.395 e. The maximum absolute atomic E-state index is 11.7. The van der Waals surface area contributed by atoms with E-state index >= 15 is 0 Å². The monoisotopic (exact) mass is 333 g/mol. The standard InChI is InChI=1S/C17H20ClN3O2/c1-3-21(8-9-22)13-6-4-12(5-7-13)20-14-10-11(2)17(23)15(18)16(14)19/h4-7,10,15,19,22H,3,8-9H2,1-2H3. The lowest BCUT2D eigenvalue weighted by molar-refractivity contribution is -0.114. The van der Waals surface area contributed by atoms with Gasteiger partial charge in [0, 0.05) is 18.8 Å². The molecule has 2 rings (SSSR count). The molecule has 1 aliphatic rings. The molecule has 1 atom stereocenters. The van der Waals surface area contributed by atoms with Crippen LogP contribution in [0.1, 0.15) is 13.8 Å². The van der Waals surface area contributed by atoms with Crippen LogP contribution in [0.5, 0.6) is 0 Å². The van der Waals surface area contributed by atoms with Gasteiger partial charge in [-0.05, 0) is 49.8 Å². The van der Waals surface area contributed by atoms with Crippen LogP contribution in [0.15, 0.2) is 40.9 Å². The number of hydrogen-bond acceptors (Lipinski definition) is 5. The van der Waals surface area contributed by atoms with Gasteiger partial charge in [0.15, 0.2) is 5.78 Å². The van der Waals surface area contributed by atoms with Crippen molar-refractivity contribution in [3.05, 3.63) is 35.9 Å². The summed E-state index contributed by atoms with van der Waals surface area (Å²) in [6.07, 6.45) is 1.60. The number of hydrogen-bond donors (Lipinski definition) is 2. The molecule has 6 heteroatoms. The first kappa shape index (κ1) is 17.4. The first-order valence-corrected chi connectivity index (χ1v) is 7.91. The number of alkyl halides is 1. The molecule has 0 aliphatic heterocycles. The number of rotatable bonds is 5. The molecule has 0 fully saturated rings. The predicted octanol–water partition coefficient (Wildman–Crippen LogP) is 2.73. The molecule has 0 heterocycles. The van der Waals surface area contributed by atoms with E-state index in [9.17, 15) is 4.79 Å². The molecule has 0 amide bonds. The quantitative estimate of drug-likeness (QED) is 0.813. The number of carbonyl (C=O) groups is 1. The average molecular weight is 334 g/mol. The van der Waals surface area contributed by atoms with E-state index in [1.165, 1.54) is 0 Å². The van der Waals surface area contributed by atoms with Crippen LogP contribution < -0.4 is 4.90 Å². The number of aliphatic hydroxyl groups excluding tert-OH is 1. The number of ketones is 1. The second kappa shape index (κ2) is 7.53. The summed E-state index contributed by atoms with van der Waals surface area (Å²) < 4.78 is 0. The SMILES string of the molecule is CCN(CCO)c1ccc(N=C2C=C(C)C(=O)C(Cl)C2=N)cc1. The van der Waals surface area contributed by atoms with E-state index in [4.69, 9.17) is 22.1 Å². The molecule has 1 aliphatic carbocycles. The van der Waals surface area contributed by atoms with Crippen LogP contribution >= 0.6 is 11.6 Å². The number of likely N-dealkylation sites (N-methyl/N-ethyl adjacent to an activating group) is 1. The van der Waals surface area contributed by atoms with Gasteiger partial charge in [0.05, 0.1) is 23.7 Å². The summed E-state index contributed by atoms with van der Waals surface area (Å²) in [6.45, 7) is 5.18.